The van der Waals surface area contributed by atoms with Crippen LogP contribution >= 0.6 is 0 Å². The van der Waals surface area contributed by atoms with Crippen LogP contribution in [-0.4, -0.2) is 53.1 Å². The van der Waals surface area contributed by atoms with Crippen molar-refractivity contribution in [2.75, 3.05) is 13.7 Å². The molecule has 0 bridgehead atoms. The summed E-state index contributed by atoms with van der Waals surface area (Å²) in [6.45, 7) is 9.33. The Bertz CT molecular complexity index is 1070. The molecule has 2 rings (SSSR count). The molecule has 1 N–H and O–H groups in total. The van der Waals surface area contributed by atoms with Crippen molar-refractivity contribution in [3.8, 4) is 5.75 Å². The van der Waals surface area contributed by atoms with Gasteiger partial charge in [0.25, 0.3) is 5.91 Å². The van der Waals surface area contributed by atoms with Gasteiger partial charge in [0.2, 0.25) is 5.91 Å². The van der Waals surface area contributed by atoms with E-state index in [1.807, 2.05) is 27.7 Å². The second-order valence-electron chi connectivity index (χ2n) is 10.5. The molecule has 9 heteroatoms. The summed E-state index contributed by atoms with van der Waals surface area (Å²) in [5.74, 6) is -1.05. The van der Waals surface area contributed by atoms with Crippen molar-refractivity contribution in [2.45, 2.75) is 91.8 Å². The predicted octanol–water partition coefficient (Wildman–Crippen LogP) is 5.54. The molecule has 0 spiro atoms. The van der Waals surface area contributed by atoms with Gasteiger partial charge in [0.05, 0.1) is 24.5 Å². The number of hydrogen-bond donors (Lipinski definition) is 1. The van der Waals surface area contributed by atoms with Gasteiger partial charge in [-0.25, -0.2) is 4.39 Å². The van der Waals surface area contributed by atoms with Gasteiger partial charge in [0.15, 0.2) is 0 Å². The maximum absolute atomic E-state index is 13.9. The van der Waals surface area contributed by atoms with Crippen LogP contribution in [0.5, 0.6) is 5.75 Å². The van der Waals surface area contributed by atoms with Crippen LogP contribution in [0.1, 0.15) is 91.2 Å². The minimum absolute atomic E-state index is 0.0189. The Labute approximate surface area is 231 Å². The molecule has 2 unspecified atom stereocenters. The number of oxime groups is 1. The molecule has 8 nitrogen and oxygen atoms in total. The molecule has 1 aromatic rings. The monoisotopic (exact) mass is 546 g/mol. The van der Waals surface area contributed by atoms with E-state index in [1.165, 1.54) is 30.2 Å². The fourth-order valence-corrected chi connectivity index (χ4v) is 4.58. The summed E-state index contributed by atoms with van der Waals surface area (Å²) < 4.78 is 19.2. The molecule has 0 saturated heterocycles. The zero-order valence-corrected chi connectivity index (χ0v) is 24.0. The van der Waals surface area contributed by atoms with Gasteiger partial charge in [-0.2, -0.15) is 0 Å². The highest BCUT2D eigenvalue weighted by Crippen LogP contribution is 2.33. The van der Waals surface area contributed by atoms with Crippen molar-refractivity contribution < 1.29 is 33.5 Å². The molecule has 216 valence electrons. The van der Waals surface area contributed by atoms with E-state index in [0.717, 1.165) is 6.42 Å². The first kappa shape index (κ1) is 32.1. The van der Waals surface area contributed by atoms with Crippen LogP contribution in [-0.2, 0) is 19.2 Å². The summed E-state index contributed by atoms with van der Waals surface area (Å²) in [7, 11) is 1.44. The van der Waals surface area contributed by atoms with Gasteiger partial charge in [-0.3, -0.25) is 19.3 Å². The fourth-order valence-electron chi connectivity index (χ4n) is 4.58. The Kier molecular flexibility index (Phi) is 12.8. The van der Waals surface area contributed by atoms with Gasteiger partial charge in [0.1, 0.15) is 23.5 Å². The molecule has 1 heterocycles. The van der Waals surface area contributed by atoms with Crippen LogP contribution in [0.25, 0.3) is 0 Å². The Hall–Kier alpha value is -3.07. The number of nitrogens with zero attached hydrogens (tertiary/aromatic N) is 2. The van der Waals surface area contributed by atoms with Gasteiger partial charge >= 0.3 is 0 Å². The second kappa shape index (κ2) is 15.5. The van der Waals surface area contributed by atoms with E-state index in [2.05, 4.69) is 5.16 Å². The summed E-state index contributed by atoms with van der Waals surface area (Å²) in [5.41, 5.74) is 0.871. The minimum Gasteiger partial charge on any atom is -0.496 e. The fraction of sp³-hybridized carbons (Fsp3) is 0.600. The summed E-state index contributed by atoms with van der Waals surface area (Å²) in [5, 5.41) is 15.1. The van der Waals surface area contributed by atoms with E-state index in [-0.39, 0.29) is 54.6 Å². The molecule has 1 aliphatic heterocycles. The molecule has 0 radical (unpaired) electrons. The quantitative estimate of drug-likeness (QED) is 0.187. The number of aliphatic hydroxyl groups is 1. The summed E-state index contributed by atoms with van der Waals surface area (Å²) >= 11 is 0. The third-order valence-electron chi connectivity index (χ3n) is 6.82. The standard InChI is InChI=1S/C30H43FN2O6/c1-7-24(34)10-8-9-20(4)18-33-29(36)14-11-22(15-25(30(33)37)21(5)32-39-19(2)3)16-27(35)26-17-23(31)12-13-28(26)38-6/h12-13,15,17,19-20,22,27,35H,7-11,14,16,18H2,1-6H3/b25-15-,32-21+/t20-,22?,27?/m1/s1. The van der Waals surface area contributed by atoms with Gasteiger partial charge in [-0.15, -0.1) is 0 Å². The first-order valence-electron chi connectivity index (χ1n) is 13.8. The number of imide groups is 1. The lowest BCUT2D eigenvalue weighted by atomic mass is 9.88. The molecule has 0 fully saturated rings. The third kappa shape index (κ3) is 9.88. The van der Waals surface area contributed by atoms with Crippen LogP contribution in [0.4, 0.5) is 4.39 Å². The van der Waals surface area contributed by atoms with E-state index in [9.17, 15) is 23.9 Å². The van der Waals surface area contributed by atoms with Crippen molar-refractivity contribution >= 4 is 23.3 Å². The number of carbonyl (C=O) groups is 3. The molecule has 1 aliphatic rings. The lowest BCUT2D eigenvalue weighted by Gasteiger charge is -2.29. The molecule has 2 amide bonds. The maximum atomic E-state index is 13.9. The molecule has 1 aromatic carbocycles. The Morgan fingerprint density at radius 3 is 2.62 bits per heavy atom. The number of rotatable bonds is 14. The average Bonchev–Trinajstić information content (AvgIpc) is 2.90. The van der Waals surface area contributed by atoms with Crippen molar-refractivity contribution in [1.29, 1.82) is 0 Å². The van der Waals surface area contributed by atoms with E-state index in [0.29, 0.717) is 42.7 Å². The highest BCUT2D eigenvalue weighted by molar-refractivity contribution is 6.23. The van der Waals surface area contributed by atoms with Crippen LogP contribution in [0.2, 0.25) is 0 Å². The van der Waals surface area contributed by atoms with E-state index in [1.54, 1.807) is 13.0 Å². The minimum atomic E-state index is -1.08. The number of amides is 2. The van der Waals surface area contributed by atoms with Crippen LogP contribution in [0, 0.1) is 17.7 Å². The summed E-state index contributed by atoms with van der Waals surface area (Å²) in [4.78, 5) is 45.3. The van der Waals surface area contributed by atoms with Crippen LogP contribution in [0.15, 0.2) is 35.0 Å². The first-order chi connectivity index (χ1) is 18.5. The number of aliphatic hydroxyl groups excluding tert-OH is 1. The van der Waals surface area contributed by atoms with E-state index in [4.69, 9.17) is 9.57 Å². The molecule has 0 aromatic heterocycles. The number of carbonyl (C=O) groups excluding carboxylic acids is 3. The van der Waals surface area contributed by atoms with Gasteiger partial charge in [-0.1, -0.05) is 25.1 Å². The largest absolute Gasteiger partial charge is 0.496 e. The number of ketones is 1. The number of benzene rings is 1. The summed E-state index contributed by atoms with van der Waals surface area (Å²) in [6.07, 6.45) is 3.55. The third-order valence-corrected chi connectivity index (χ3v) is 6.82. The highest BCUT2D eigenvalue weighted by atomic mass is 19.1. The average molecular weight is 547 g/mol. The van der Waals surface area contributed by atoms with Gasteiger partial charge < -0.3 is 14.7 Å². The zero-order valence-electron chi connectivity index (χ0n) is 24.0. The maximum Gasteiger partial charge on any atom is 0.262 e. The molecular formula is C30H43FN2O6. The normalized spacial score (nSPS) is 19.7. The zero-order chi connectivity index (χ0) is 29.1. The highest BCUT2D eigenvalue weighted by Gasteiger charge is 2.32. The SMILES string of the molecule is CCC(=O)CCC[C@@H](C)CN1C(=O)CCC(CC(O)c2cc(F)ccc2OC)/C=C(/C(C)=N/OC(C)C)C1=O. The lowest BCUT2D eigenvalue weighted by Crippen LogP contribution is -2.43. The Balaban J connectivity index is 2.33. The Morgan fingerprint density at radius 2 is 1.97 bits per heavy atom. The van der Waals surface area contributed by atoms with Crippen LogP contribution in [0.3, 0.4) is 0 Å². The topological polar surface area (TPSA) is 106 Å². The molecule has 3 atom stereocenters. The second-order valence-corrected chi connectivity index (χ2v) is 10.5. The van der Waals surface area contributed by atoms with Crippen LogP contribution < -0.4 is 4.74 Å². The van der Waals surface area contributed by atoms with Crippen molar-refractivity contribution in [3.05, 3.63) is 41.2 Å². The number of hydrogen-bond acceptors (Lipinski definition) is 7. The number of allylic oxidation sites excluding steroid dienone is 1. The Morgan fingerprint density at radius 1 is 1.26 bits per heavy atom. The molecule has 39 heavy (non-hydrogen) atoms. The summed E-state index contributed by atoms with van der Waals surface area (Å²) in [6, 6.07) is 3.94. The number of halogens is 1. The molecule has 0 saturated carbocycles. The number of Topliss-reactive ketones (excluding diaryl/α,β-unsaturated/α-hetero) is 1. The van der Waals surface area contributed by atoms with Gasteiger partial charge in [0, 0.05) is 31.4 Å². The lowest BCUT2D eigenvalue weighted by molar-refractivity contribution is -0.143. The first-order valence-corrected chi connectivity index (χ1v) is 13.8. The van der Waals surface area contributed by atoms with Crippen molar-refractivity contribution in [1.82, 2.24) is 4.90 Å². The van der Waals surface area contributed by atoms with Crippen molar-refractivity contribution in [2.24, 2.45) is 17.0 Å². The van der Waals surface area contributed by atoms with E-state index < -0.39 is 17.8 Å². The number of ether oxygens (including phenoxy) is 1. The molecular weight excluding hydrogens is 503 g/mol. The predicted molar refractivity (Wildman–Crippen MR) is 148 cm³/mol. The van der Waals surface area contributed by atoms with Gasteiger partial charge in [-0.05, 0) is 76.5 Å². The number of methoxy groups -OCH3 is 1. The molecule has 0 aliphatic carbocycles. The smallest absolute Gasteiger partial charge is 0.262 e. The van der Waals surface area contributed by atoms with E-state index >= 15 is 0 Å². The van der Waals surface area contributed by atoms with Crippen molar-refractivity contribution in [3.63, 3.8) is 0 Å².